The second-order valence-corrected chi connectivity index (χ2v) is 8.00. The average Bonchev–Trinajstić information content (AvgIpc) is 3.12. The van der Waals surface area contributed by atoms with Gasteiger partial charge < -0.3 is 29.3 Å². The first-order chi connectivity index (χ1) is 15.8. The van der Waals surface area contributed by atoms with Crippen molar-refractivity contribution < 1.29 is 38.8 Å². The highest BCUT2D eigenvalue weighted by molar-refractivity contribution is 6.27. The maximum Gasteiger partial charge on any atom is 0.414 e. The quantitative estimate of drug-likeness (QED) is 0.497. The summed E-state index contributed by atoms with van der Waals surface area (Å²) in [5.41, 5.74) is 0.576. The van der Waals surface area contributed by atoms with Gasteiger partial charge in [0.1, 0.15) is 0 Å². The molecule has 33 heavy (non-hydrogen) atoms. The normalized spacial score (nSPS) is 17.2. The zero-order valence-electron chi connectivity index (χ0n) is 19.5. The van der Waals surface area contributed by atoms with Crippen LogP contribution in [0.5, 0.6) is 17.2 Å². The molecule has 10 heteroatoms. The van der Waals surface area contributed by atoms with E-state index in [0.717, 1.165) is 26.2 Å². The van der Waals surface area contributed by atoms with Gasteiger partial charge in [0.15, 0.2) is 11.5 Å². The van der Waals surface area contributed by atoms with E-state index in [1.54, 1.807) is 33.5 Å². The zero-order chi connectivity index (χ0) is 24.4. The van der Waals surface area contributed by atoms with Crippen LogP contribution in [0.15, 0.2) is 12.1 Å². The van der Waals surface area contributed by atoms with E-state index in [-0.39, 0.29) is 5.91 Å². The lowest BCUT2D eigenvalue weighted by Gasteiger charge is -2.39. The molecule has 0 atom stereocenters. The Bertz CT molecular complexity index is 776. The Hall–Kier alpha value is -3.01. The summed E-state index contributed by atoms with van der Waals surface area (Å²) >= 11 is 0. The molecule has 1 aromatic rings. The third-order valence-electron chi connectivity index (χ3n) is 6.04. The number of methoxy groups -OCH3 is 3. The van der Waals surface area contributed by atoms with Crippen molar-refractivity contribution >= 4 is 17.8 Å². The van der Waals surface area contributed by atoms with Crippen molar-refractivity contribution in [3.8, 4) is 17.2 Å². The summed E-state index contributed by atoms with van der Waals surface area (Å²) in [7, 11) is 4.70. The highest BCUT2D eigenvalue weighted by Gasteiger charge is 2.28. The van der Waals surface area contributed by atoms with Gasteiger partial charge in [0.2, 0.25) is 5.75 Å². The number of hydrogen-bond donors (Lipinski definition) is 2. The van der Waals surface area contributed by atoms with Crippen molar-refractivity contribution in [3.05, 3.63) is 17.7 Å². The van der Waals surface area contributed by atoms with Crippen LogP contribution in [0.3, 0.4) is 0 Å². The number of carbonyl (C=O) groups is 3. The van der Waals surface area contributed by atoms with Gasteiger partial charge in [-0.05, 0) is 25.0 Å². The summed E-state index contributed by atoms with van der Waals surface area (Å²) in [5, 5.41) is 14.8. The number of hydrogen-bond acceptors (Lipinski definition) is 7. The van der Waals surface area contributed by atoms with Crippen molar-refractivity contribution in [1.29, 1.82) is 0 Å². The molecule has 1 amide bonds. The second kappa shape index (κ2) is 12.9. The lowest BCUT2D eigenvalue weighted by atomic mass is 10.1. The minimum Gasteiger partial charge on any atom is -0.493 e. The van der Waals surface area contributed by atoms with E-state index >= 15 is 0 Å². The number of amides is 1. The first-order valence-electron chi connectivity index (χ1n) is 11.1. The van der Waals surface area contributed by atoms with Crippen LogP contribution in [0.2, 0.25) is 0 Å². The van der Waals surface area contributed by atoms with Gasteiger partial charge in [0.05, 0.1) is 21.3 Å². The number of benzene rings is 1. The predicted octanol–water partition coefficient (Wildman–Crippen LogP) is 2.35. The van der Waals surface area contributed by atoms with E-state index in [1.165, 1.54) is 38.5 Å². The maximum atomic E-state index is 13.0. The van der Waals surface area contributed by atoms with Crippen LogP contribution < -0.4 is 14.2 Å². The van der Waals surface area contributed by atoms with Gasteiger partial charge in [0.25, 0.3) is 5.91 Å². The molecule has 0 unspecified atom stereocenters. The fourth-order valence-corrected chi connectivity index (χ4v) is 4.30. The molecule has 2 fully saturated rings. The average molecular weight is 467 g/mol. The minimum atomic E-state index is -1.82. The molecule has 1 saturated carbocycles. The van der Waals surface area contributed by atoms with Crippen LogP contribution >= 0.6 is 0 Å². The smallest absolute Gasteiger partial charge is 0.414 e. The molecule has 3 rings (SSSR count). The molecule has 10 nitrogen and oxygen atoms in total. The molecule has 0 bridgehead atoms. The Morgan fingerprint density at radius 3 is 1.67 bits per heavy atom. The van der Waals surface area contributed by atoms with Crippen molar-refractivity contribution in [1.82, 2.24) is 9.80 Å². The Morgan fingerprint density at radius 2 is 1.27 bits per heavy atom. The standard InChI is InChI=1S/C21H32N2O4.C2H2O4/c1-25-18-14-16(15-19(26-2)20(18)27-3)21(24)23-12-10-22(11-13-23)17-8-6-4-5-7-9-17;3-1(4)2(5)6/h14-15,17H,4-13H2,1-3H3;(H,3,4)(H,5,6). The molecule has 184 valence electrons. The molecule has 0 spiro atoms. The fraction of sp³-hybridized carbons (Fsp3) is 0.609. The van der Waals surface area contributed by atoms with Gasteiger partial charge in [-0.2, -0.15) is 0 Å². The van der Waals surface area contributed by atoms with Gasteiger partial charge in [-0.3, -0.25) is 9.69 Å². The molecule has 1 aromatic carbocycles. The van der Waals surface area contributed by atoms with Crippen LogP contribution in [0.25, 0.3) is 0 Å². The SMILES string of the molecule is COc1cc(C(=O)N2CCN(C3CCCCCC3)CC2)cc(OC)c1OC.O=C(O)C(=O)O. The highest BCUT2D eigenvalue weighted by atomic mass is 16.5. The summed E-state index contributed by atoms with van der Waals surface area (Å²) in [5.74, 6) is -2.09. The Labute approximate surface area is 194 Å². The molecule has 1 saturated heterocycles. The molecule has 0 aromatic heterocycles. The number of rotatable bonds is 5. The molecule has 0 radical (unpaired) electrons. The molecule has 1 heterocycles. The first kappa shape index (κ1) is 26.2. The van der Waals surface area contributed by atoms with Gasteiger partial charge >= 0.3 is 11.9 Å². The van der Waals surface area contributed by atoms with E-state index in [0.29, 0.717) is 28.9 Å². The number of nitrogens with zero attached hydrogens (tertiary/aromatic N) is 2. The number of carboxylic acid groups (broad SMARTS) is 2. The first-order valence-corrected chi connectivity index (χ1v) is 11.1. The summed E-state index contributed by atoms with van der Waals surface area (Å²) in [6.07, 6.45) is 8.04. The lowest BCUT2D eigenvalue weighted by molar-refractivity contribution is -0.159. The Kier molecular flexibility index (Phi) is 10.2. The summed E-state index contributed by atoms with van der Waals surface area (Å²) in [6.45, 7) is 3.46. The number of ether oxygens (including phenoxy) is 3. The van der Waals surface area contributed by atoms with Crippen molar-refractivity contribution in [3.63, 3.8) is 0 Å². The van der Waals surface area contributed by atoms with Gasteiger partial charge in [-0.25, -0.2) is 9.59 Å². The Balaban J connectivity index is 0.000000569. The number of aliphatic carboxylic acids is 2. The topological polar surface area (TPSA) is 126 Å². The minimum absolute atomic E-state index is 0.0229. The maximum absolute atomic E-state index is 13.0. The molecule has 2 aliphatic rings. The largest absolute Gasteiger partial charge is 0.493 e. The van der Waals surface area contributed by atoms with Gasteiger partial charge in [0, 0.05) is 37.8 Å². The van der Waals surface area contributed by atoms with Gasteiger partial charge in [-0.15, -0.1) is 0 Å². The van der Waals surface area contributed by atoms with Crippen LogP contribution in [-0.2, 0) is 9.59 Å². The summed E-state index contributed by atoms with van der Waals surface area (Å²) in [6, 6.07) is 4.17. The summed E-state index contributed by atoms with van der Waals surface area (Å²) in [4.78, 5) is 35.8. The van der Waals surface area contributed by atoms with Crippen LogP contribution in [0.4, 0.5) is 0 Å². The molecule has 2 N–H and O–H groups in total. The van der Waals surface area contributed by atoms with Crippen molar-refractivity contribution in [2.24, 2.45) is 0 Å². The molecule has 1 aliphatic heterocycles. The third kappa shape index (κ3) is 7.24. The highest BCUT2D eigenvalue weighted by Crippen LogP contribution is 2.38. The fourth-order valence-electron chi connectivity index (χ4n) is 4.30. The van der Waals surface area contributed by atoms with Crippen LogP contribution in [0.1, 0.15) is 48.9 Å². The van der Waals surface area contributed by atoms with Crippen molar-refractivity contribution in [2.45, 2.75) is 44.6 Å². The lowest BCUT2D eigenvalue weighted by Crippen LogP contribution is -2.51. The summed E-state index contributed by atoms with van der Waals surface area (Å²) < 4.78 is 16.1. The molecular weight excluding hydrogens is 432 g/mol. The van der Waals surface area contributed by atoms with E-state index in [1.807, 2.05) is 4.90 Å². The second-order valence-electron chi connectivity index (χ2n) is 8.00. The zero-order valence-corrected chi connectivity index (χ0v) is 19.5. The monoisotopic (exact) mass is 466 g/mol. The third-order valence-corrected chi connectivity index (χ3v) is 6.04. The molecular formula is C23H34N2O8. The van der Waals surface area contributed by atoms with E-state index in [2.05, 4.69) is 4.90 Å². The van der Waals surface area contributed by atoms with Crippen LogP contribution in [-0.4, -0.2) is 91.4 Å². The van der Waals surface area contributed by atoms with Crippen LogP contribution in [0, 0.1) is 0 Å². The number of piperazine rings is 1. The van der Waals surface area contributed by atoms with Crippen molar-refractivity contribution in [2.75, 3.05) is 47.5 Å². The van der Waals surface area contributed by atoms with E-state index < -0.39 is 11.9 Å². The number of carboxylic acids is 2. The van der Waals surface area contributed by atoms with E-state index in [9.17, 15) is 4.79 Å². The Morgan fingerprint density at radius 1 is 0.788 bits per heavy atom. The predicted molar refractivity (Wildman–Crippen MR) is 120 cm³/mol. The van der Waals surface area contributed by atoms with E-state index in [4.69, 9.17) is 34.0 Å². The van der Waals surface area contributed by atoms with Gasteiger partial charge in [-0.1, -0.05) is 25.7 Å². The number of carbonyl (C=O) groups excluding carboxylic acids is 1. The molecule has 1 aliphatic carbocycles.